The monoisotopic (exact) mass is 224 g/mol. The van der Waals surface area contributed by atoms with Crippen LogP contribution in [0.3, 0.4) is 0 Å². The van der Waals surface area contributed by atoms with Crippen LogP contribution in [0.2, 0.25) is 0 Å². The fraction of sp³-hybridized carbons (Fsp3) is 0.933. The second-order valence-corrected chi connectivity index (χ2v) is 6.25. The molecule has 0 amide bonds. The van der Waals surface area contributed by atoms with Crippen molar-refractivity contribution in [2.24, 2.45) is 16.7 Å². The van der Waals surface area contributed by atoms with Crippen LogP contribution in [0, 0.1) is 16.7 Å². The Labute approximate surface area is 101 Å². The lowest BCUT2D eigenvalue weighted by Crippen LogP contribution is -2.38. The normalized spacial score (nSPS) is 22.1. The number of carbonyl (C=O) groups is 1. The fourth-order valence-corrected chi connectivity index (χ4v) is 3.21. The van der Waals surface area contributed by atoms with Crippen LogP contribution >= 0.6 is 0 Å². The molecule has 1 aliphatic rings. The van der Waals surface area contributed by atoms with Crippen molar-refractivity contribution in [1.29, 1.82) is 0 Å². The molecule has 1 nitrogen and oxygen atoms in total. The molecule has 0 aromatic carbocycles. The third-order valence-electron chi connectivity index (χ3n) is 5.17. The molecule has 16 heavy (non-hydrogen) atoms. The second kappa shape index (κ2) is 4.89. The summed E-state index contributed by atoms with van der Waals surface area (Å²) in [6, 6.07) is 0. The van der Waals surface area contributed by atoms with Crippen molar-refractivity contribution in [2.45, 2.75) is 73.1 Å². The van der Waals surface area contributed by atoms with Gasteiger partial charge in [0.25, 0.3) is 0 Å². The minimum absolute atomic E-state index is 0.135. The van der Waals surface area contributed by atoms with Crippen LogP contribution in [0.5, 0.6) is 0 Å². The Kier molecular flexibility index (Phi) is 4.20. The molecule has 1 fully saturated rings. The first-order valence-corrected chi connectivity index (χ1v) is 6.94. The summed E-state index contributed by atoms with van der Waals surface area (Å²) in [5, 5.41) is 0. The van der Waals surface area contributed by atoms with E-state index >= 15 is 0 Å². The molecule has 0 aromatic rings. The highest BCUT2D eigenvalue weighted by molar-refractivity contribution is 5.86. The molecule has 1 aliphatic carbocycles. The maximum Gasteiger partial charge on any atom is 0.141 e. The highest BCUT2D eigenvalue weighted by atomic mass is 16.1. The highest BCUT2D eigenvalue weighted by Crippen LogP contribution is 2.49. The minimum atomic E-state index is -0.135. The van der Waals surface area contributed by atoms with E-state index in [1.807, 2.05) is 0 Å². The Morgan fingerprint density at radius 2 is 1.75 bits per heavy atom. The van der Waals surface area contributed by atoms with Gasteiger partial charge in [0.2, 0.25) is 0 Å². The van der Waals surface area contributed by atoms with Gasteiger partial charge in [0, 0.05) is 11.3 Å². The first-order chi connectivity index (χ1) is 7.39. The van der Waals surface area contributed by atoms with Crippen LogP contribution in [-0.4, -0.2) is 5.78 Å². The van der Waals surface area contributed by atoms with Crippen LogP contribution < -0.4 is 0 Å². The van der Waals surface area contributed by atoms with Gasteiger partial charge in [0.15, 0.2) is 0 Å². The van der Waals surface area contributed by atoms with Crippen LogP contribution in [0.25, 0.3) is 0 Å². The minimum Gasteiger partial charge on any atom is -0.299 e. The summed E-state index contributed by atoms with van der Waals surface area (Å²) in [5.41, 5.74) is 0.188. The number of ketones is 1. The zero-order chi connectivity index (χ0) is 12.4. The summed E-state index contributed by atoms with van der Waals surface area (Å²) in [5.74, 6) is 0.730. The molecule has 0 heterocycles. The summed E-state index contributed by atoms with van der Waals surface area (Å²) in [4.78, 5) is 12.5. The number of hydrogen-bond donors (Lipinski definition) is 0. The van der Waals surface area contributed by atoms with Gasteiger partial charge < -0.3 is 0 Å². The first kappa shape index (κ1) is 13.7. The van der Waals surface area contributed by atoms with Gasteiger partial charge in [-0.3, -0.25) is 4.79 Å². The molecule has 1 unspecified atom stereocenters. The number of Topliss-reactive ketones (excluding diaryl/α,β-unsaturated/α-hetero) is 1. The summed E-state index contributed by atoms with van der Waals surface area (Å²) >= 11 is 0. The van der Waals surface area contributed by atoms with E-state index in [9.17, 15) is 4.79 Å². The van der Waals surface area contributed by atoms with Crippen molar-refractivity contribution in [3.05, 3.63) is 0 Å². The van der Waals surface area contributed by atoms with E-state index in [1.165, 1.54) is 32.1 Å². The largest absolute Gasteiger partial charge is 0.299 e. The molecule has 0 N–H and O–H groups in total. The lowest BCUT2D eigenvalue weighted by atomic mass is 9.65. The Balaban J connectivity index is 2.83. The quantitative estimate of drug-likeness (QED) is 0.667. The lowest BCUT2D eigenvalue weighted by Gasteiger charge is -2.37. The molecule has 0 radical (unpaired) electrons. The van der Waals surface area contributed by atoms with E-state index in [2.05, 4.69) is 34.6 Å². The van der Waals surface area contributed by atoms with Crippen molar-refractivity contribution in [3.8, 4) is 0 Å². The third kappa shape index (κ3) is 2.33. The van der Waals surface area contributed by atoms with E-state index in [0.29, 0.717) is 11.2 Å². The van der Waals surface area contributed by atoms with Crippen LogP contribution in [0.15, 0.2) is 0 Å². The molecule has 1 rings (SSSR count). The van der Waals surface area contributed by atoms with Crippen molar-refractivity contribution in [3.63, 3.8) is 0 Å². The van der Waals surface area contributed by atoms with E-state index in [0.717, 1.165) is 6.42 Å². The van der Waals surface area contributed by atoms with E-state index in [-0.39, 0.29) is 11.3 Å². The number of rotatable bonds is 5. The average Bonchev–Trinajstić information content (AvgIpc) is 2.76. The van der Waals surface area contributed by atoms with Gasteiger partial charge >= 0.3 is 0 Å². The molecule has 94 valence electrons. The summed E-state index contributed by atoms with van der Waals surface area (Å²) in [7, 11) is 0. The Morgan fingerprint density at radius 3 is 2.12 bits per heavy atom. The molecule has 0 bridgehead atoms. The average molecular weight is 224 g/mol. The third-order valence-corrected chi connectivity index (χ3v) is 5.17. The zero-order valence-corrected chi connectivity index (χ0v) is 11.7. The van der Waals surface area contributed by atoms with Crippen molar-refractivity contribution in [1.82, 2.24) is 0 Å². The maximum absolute atomic E-state index is 12.5. The second-order valence-electron chi connectivity index (χ2n) is 6.25. The van der Waals surface area contributed by atoms with Gasteiger partial charge in [0.05, 0.1) is 0 Å². The Morgan fingerprint density at radius 1 is 1.25 bits per heavy atom. The molecule has 1 atom stereocenters. The molecular formula is C15H28O. The molecule has 0 aliphatic heterocycles. The summed E-state index contributed by atoms with van der Waals surface area (Å²) < 4.78 is 0. The van der Waals surface area contributed by atoms with E-state index in [4.69, 9.17) is 0 Å². The van der Waals surface area contributed by atoms with E-state index < -0.39 is 0 Å². The Bertz CT molecular complexity index is 246. The maximum atomic E-state index is 12.5. The lowest BCUT2D eigenvalue weighted by molar-refractivity contribution is -0.135. The standard InChI is InChI=1S/C15H28O/c1-6-14(4,5)13(16)12(3)15(7-2)10-8-9-11-15/h12H,6-11H2,1-5H3. The predicted molar refractivity (Wildman–Crippen MR) is 69.4 cm³/mol. The smallest absolute Gasteiger partial charge is 0.141 e. The van der Waals surface area contributed by atoms with Gasteiger partial charge in [-0.2, -0.15) is 0 Å². The van der Waals surface area contributed by atoms with E-state index in [1.54, 1.807) is 0 Å². The van der Waals surface area contributed by atoms with Crippen molar-refractivity contribution < 1.29 is 4.79 Å². The molecule has 1 heteroatoms. The van der Waals surface area contributed by atoms with Crippen LogP contribution in [-0.2, 0) is 4.79 Å². The molecule has 0 saturated heterocycles. The Hall–Kier alpha value is -0.330. The summed E-state index contributed by atoms with van der Waals surface area (Å²) in [6.45, 7) is 10.8. The number of hydrogen-bond acceptors (Lipinski definition) is 1. The van der Waals surface area contributed by atoms with Gasteiger partial charge in [-0.25, -0.2) is 0 Å². The first-order valence-electron chi connectivity index (χ1n) is 6.94. The van der Waals surface area contributed by atoms with Crippen molar-refractivity contribution >= 4 is 5.78 Å². The highest BCUT2D eigenvalue weighted by Gasteiger charge is 2.44. The van der Waals surface area contributed by atoms with Gasteiger partial charge in [-0.1, -0.05) is 47.5 Å². The zero-order valence-electron chi connectivity index (χ0n) is 11.7. The fourth-order valence-electron chi connectivity index (χ4n) is 3.21. The van der Waals surface area contributed by atoms with Crippen LogP contribution in [0.4, 0.5) is 0 Å². The van der Waals surface area contributed by atoms with Crippen LogP contribution in [0.1, 0.15) is 73.1 Å². The molecule has 0 spiro atoms. The molecule has 0 aromatic heterocycles. The van der Waals surface area contributed by atoms with Gasteiger partial charge in [-0.15, -0.1) is 0 Å². The van der Waals surface area contributed by atoms with Gasteiger partial charge in [-0.05, 0) is 31.1 Å². The topological polar surface area (TPSA) is 17.1 Å². The number of carbonyl (C=O) groups excluding carboxylic acids is 1. The molecule has 1 saturated carbocycles. The molecular weight excluding hydrogens is 196 g/mol. The van der Waals surface area contributed by atoms with Crippen molar-refractivity contribution in [2.75, 3.05) is 0 Å². The SMILES string of the molecule is CCC(C)(C)C(=O)C(C)C1(CC)CCCC1. The summed E-state index contributed by atoms with van der Waals surface area (Å²) in [6.07, 6.45) is 7.28. The predicted octanol–water partition coefficient (Wildman–Crippen LogP) is 4.60. The van der Waals surface area contributed by atoms with Gasteiger partial charge in [0.1, 0.15) is 5.78 Å².